The molecule has 0 aromatic heterocycles. The molecule has 0 atom stereocenters. The first kappa shape index (κ1) is 21.9. The number of anilines is 1. The summed E-state index contributed by atoms with van der Waals surface area (Å²) in [4.78, 5) is 26.8. The highest BCUT2D eigenvalue weighted by Crippen LogP contribution is 2.36. The van der Waals surface area contributed by atoms with Gasteiger partial charge in [-0.25, -0.2) is 0 Å². The molecule has 5 nitrogen and oxygen atoms in total. The summed E-state index contributed by atoms with van der Waals surface area (Å²) < 4.78 is 42.4. The van der Waals surface area contributed by atoms with Gasteiger partial charge in [0.1, 0.15) is 0 Å². The van der Waals surface area contributed by atoms with Crippen LogP contribution in [0.1, 0.15) is 15.9 Å². The maximum Gasteiger partial charge on any atom is 0.446 e. The van der Waals surface area contributed by atoms with Gasteiger partial charge >= 0.3 is 5.51 Å². The predicted molar refractivity (Wildman–Crippen MR) is 109 cm³/mol. The Kier molecular flexibility index (Phi) is 7.17. The monoisotopic (exact) mass is 436 g/mol. The summed E-state index contributed by atoms with van der Waals surface area (Å²) in [5.41, 5.74) is -2.99. The van der Waals surface area contributed by atoms with Crippen LogP contribution in [0, 0.1) is 0 Å². The molecule has 2 aromatic carbocycles. The van der Waals surface area contributed by atoms with Gasteiger partial charge in [0.25, 0.3) is 5.91 Å². The van der Waals surface area contributed by atoms with Crippen LogP contribution in [-0.2, 0) is 9.53 Å². The Balaban J connectivity index is 1.64. The Morgan fingerprint density at radius 2 is 1.70 bits per heavy atom. The second-order valence-corrected chi connectivity index (χ2v) is 7.53. The summed E-state index contributed by atoms with van der Waals surface area (Å²) in [5, 5.41) is 2.69. The molecule has 1 aliphatic heterocycles. The minimum absolute atomic E-state index is 0.0691. The number of morpholine rings is 1. The average molecular weight is 436 g/mol. The fourth-order valence-corrected chi connectivity index (χ4v) is 3.38. The van der Waals surface area contributed by atoms with E-state index in [1.165, 1.54) is 36.4 Å². The Bertz CT molecular complexity index is 924. The van der Waals surface area contributed by atoms with E-state index in [1.807, 2.05) is 0 Å². The van der Waals surface area contributed by atoms with Crippen LogP contribution in [0.15, 0.2) is 59.5 Å². The number of amides is 2. The highest BCUT2D eigenvalue weighted by atomic mass is 32.2. The van der Waals surface area contributed by atoms with Crippen molar-refractivity contribution in [3.8, 4) is 0 Å². The van der Waals surface area contributed by atoms with Gasteiger partial charge in [-0.1, -0.05) is 24.3 Å². The number of carbonyl (C=O) groups excluding carboxylic acids is 2. The van der Waals surface area contributed by atoms with Gasteiger partial charge in [-0.05, 0) is 47.7 Å². The highest BCUT2D eigenvalue weighted by molar-refractivity contribution is 8.00. The number of carbonyl (C=O) groups is 2. The summed E-state index contributed by atoms with van der Waals surface area (Å²) >= 11 is -0.196. The van der Waals surface area contributed by atoms with E-state index in [1.54, 1.807) is 29.2 Å². The van der Waals surface area contributed by atoms with Crippen molar-refractivity contribution in [2.24, 2.45) is 0 Å². The summed E-state index contributed by atoms with van der Waals surface area (Å²) in [7, 11) is 0. The third-order valence-electron chi connectivity index (χ3n) is 4.25. The van der Waals surface area contributed by atoms with Gasteiger partial charge in [-0.15, -0.1) is 0 Å². The molecule has 0 saturated carbocycles. The number of hydrogen-bond donors (Lipinski definition) is 1. The van der Waals surface area contributed by atoms with Crippen LogP contribution in [0.4, 0.5) is 18.9 Å². The SMILES string of the molecule is O=C(/C=C/c1ccc(SC(F)(F)F)cc1)Nc1ccccc1C(=O)N1CCOCC1. The van der Waals surface area contributed by atoms with Crippen molar-refractivity contribution in [2.75, 3.05) is 31.6 Å². The van der Waals surface area contributed by atoms with Gasteiger partial charge in [-0.2, -0.15) is 13.2 Å². The molecular weight excluding hydrogens is 417 g/mol. The second-order valence-electron chi connectivity index (χ2n) is 6.39. The number of nitrogens with zero attached hydrogens (tertiary/aromatic N) is 1. The van der Waals surface area contributed by atoms with Gasteiger partial charge < -0.3 is 15.0 Å². The average Bonchev–Trinajstić information content (AvgIpc) is 2.73. The zero-order chi connectivity index (χ0) is 21.6. The third kappa shape index (κ3) is 6.36. The van der Waals surface area contributed by atoms with Crippen molar-refractivity contribution in [2.45, 2.75) is 10.4 Å². The lowest BCUT2D eigenvalue weighted by atomic mass is 10.1. The number of ether oxygens (including phenoxy) is 1. The van der Waals surface area contributed by atoms with E-state index >= 15 is 0 Å². The van der Waals surface area contributed by atoms with Gasteiger partial charge in [0.2, 0.25) is 5.91 Å². The molecule has 3 rings (SSSR count). The molecule has 0 aliphatic carbocycles. The molecule has 2 amide bonds. The molecule has 9 heteroatoms. The van der Waals surface area contributed by atoms with Crippen molar-refractivity contribution in [1.82, 2.24) is 4.90 Å². The molecule has 0 radical (unpaired) electrons. The summed E-state index contributed by atoms with van der Waals surface area (Å²) in [6.07, 6.45) is 2.76. The maximum atomic E-state index is 12.7. The number of hydrogen-bond acceptors (Lipinski definition) is 4. The first-order valence-electron chi connectivity index (χ1n) is 9.13. The van der Waals surface area contributed by atoms with E-state index in [9.17, 15) is 22.8 Å². The van der Waals surface area contributed by atoms with Crippen LogP contribution in [-0.4, -0.2) is 48.5 Å². The van der Waals surface area contributed by atoms with Gasteiger partial charge in [-0.3, -0.25) is 9.59 Å². The van der Waals surface area contributed by atoms with E-state index in [0.29, 0.717) is 43.1 Å². The molecule has 158 valence electrons. The molecular formula is C21H19F3N2O3S. The van der Waals surface area contributed by atoms with Crippen molar-refractivity contribution in [1.29, 1.82) is 0 Å². The van der Waals surface area contributed by atoms with Gasteiger partial charge in [0, 0.05) is 24.1 Å². The van der Waals surface area contributed by atoms with Crippen LogP contribution < -0.4 is 5.32 Å². The van der Waals surface area contributed by atoms with Crippen LogP contribution in [0.2, 0.25) is 0 Å². The topological polar surface area (TPSA) is 58.6 Å². The summed E-state index contributed by atoms with van der Waals surface area (Å²) in [6.45, 7) is 1.93. The molecule has 0 spiro atoms. The van der Waals surface area contributed by atoms with Gasteiger partial charge in [0.05, 0.1) is 24.5 Å². The number of halogens is 3. The zero-order valence-corrected chi connectivity index (χ0v) is 16.6. The van der Waals surface area contributed by atoms with E-state index in [-0.39, 0.29) is 22.6 Å². The van der Waals surface area contributed by atoms with E-state index < -0.39 is 11.4 Å². The van der Waals surface area contributed by atoms with Crippen molar-refractivity contribution < 1.29 is 27.5 Å². The van der Waals surface area contributed by atoms with E-state index in [2.05, 4.69) is 5.32 Å². The number of rotatable bonds is 5. The fourth-order valence-electron chi connectivity index (χ4n) is 2.84. The molecule has 1 saturated heterocycles. The van der Waals surface area contributed by atoms with Crippen molar-refractivity contribution >= 4 is 35.3 Å². The molecule has 0 unspecified atom stereocenters. The first-order chi connectivity index (χ1) is 14.3. The summed E-state index contributed by atoms with van der Waals surface area (Å²) in [6, 6.07) is 12.4. The molecule has 2 aromatic rings. The number of thioether (sulfide) groups is 1. The predicted octanol–water partition coefficient (Wildman–Crippen LogP) is 4.42. The second kappa shape index (κ2) is 9.82. The van der Waals surface area contributed by atoms with E-state index in [0.717, 1.165) is 0 Å². The molecule has 1 aliphatic rings. The lowest BCUT2D eigenvalue weighted by Crippen LogP contribution is -2.41. The highest BCUT2D eigenvalue weighted by Gasteiger charge is 2.29. The number of nitrogens with one attached hydrogen (secondary N) is 1. The smallest absolute Gasteiger partial charge is 0.378 e. The van der Waals surface area contributed by atoms with Crippen LogP contribution in [0.3, 0.4) is 0 Å². The minimum atomic E-state index is -4.34. The van der Waals surface area contributed by atoms with Gasteiger partial charge in [0.15, 0.2) is 0 Å². The molecule has 1 N–H and O–H groups in total. The molecule has 0 bridgehead atoms. The summed E-state index contributed by atoms with van der Waals surface area (Å²) in [5.74, 6) is -0.637. The lowest BCUT2D eigenvalue weighted by Gasteiger charge is -2.27. The molecule has 1 heterocycles. The standard InChI is InChI=1S/C21H19F3N2O3S/c22-21(23,24)30-16-8-5-15(6-9-16)7-10-19(27)25-18-4-2-1-3-17(18)20(28)26-11-13-29-14-12-26/h1-10H,11-14H2,(H,25,27)/b10-7+. The first-order valence-corrected chi connectivity index (χ1v) is 9.94. The van der Waals surface area contributed by atoms with Crippen molar-refractivity contribution in [3.05, 3.63) is 65.7 Å². The van der Waals surface area contributed by atoms with Crippen LogP contribution >= 0.6 is 11.8 Å². The lowest BCUT2D eigenvalue weighted by molar-refractivity contribution is -0.111. The largest absolute Gasteiger partial charge is 0.446 e. The number of benzene rings is 2. The maximum absolute atomic E-state index is 12.7. The number of alkyl halides is 3. The zero-order valence-electron chi connectivity index (χ0n) is 15.8. The fraction of sp³-hybridized carbons (Fsp3) is 0.238. The minimum Gasteiger partial charge on any atom is -0.378 e. The quantitative estimate of drug-likeness (QED) is 0.557. The Morgan fingerprint density at radius 1 is 1.03 bits per heavy atom. The van der Waals surface area contributed by atoms with Crippen molar-refractivity contribution in [3.63, 3.8) is 0 Å². The Labute approximate surface area is 175 Å². The van der Waals surface area contributed by atoms with Crippen LogP contribution in [0.5, 0.6) is 0 Å². The Hall–Kier alpha value is -2.78. The third-order valence-corrected chi connectivity index (χ3v) is 4.99. The normalized spacial score (nSPS) is 14.7. The Morgan fingerprint density at radius 3 is 2.37 bits per heavy atom. The number of para-hydroxylation sites is 1. The van der Waals surface area contributed by atoms with Crippen LogP contribution in [0.25, 0.3) is 6.08 Å². The van der Waals surface area contributed by atoms with E-state index in [4.69, 9.17) is 4.74 Å². The molecule has 1 fully saturated rings. The molecule has 30 heavy (non-hydrogen) atoms.